The van der Waals surface area contributed by atoms with Crippen molar-refractivity contribution >= 4 is 11.6 Å². The van der Waals surface area contributed by atoms with Crippen LogP contribution in [-0.4, -0.2) is 31.6 Å². The molecule has 1 aromatic rings. The smallest absolute Gasteiger partial charge is 0.242 e. The molecule has 2 N–H and O–H groups in total. The molecule has 1 atom stereocenters. The molecule has 1 fully saturated rings. The van der Waals surface area contributed by atoms with Crippen molar-refractivity contribution in [2.45, 2.75) is 32.9 Å². The molecule has 0 saturated carbocycles. The fourth-order valence-electron chi connectivity index (χ4n) is 2.35. The minimum Gasteiger partial charge on any atom is -0.358 e. The van der Waals surface area contributed by atoms with Gasteiger partial charge in [0.1, 0.15) is 6.04 Å². The van der Waals surface area contributed by atoms with E-state index >= 15 is 0 Å². The molecule has 19 heavy (non-hydrogen) atoms. The van der Waals surface area contributed by atoms with E-state index in [1.807, 2.05) is 6.92 Å². The summed E-state index contributed by atoms with van der Waals surface area (Å²) in [5.74, 6) is 0.111. The number of nitrogens with one attached hydrogen (secondary N) is 2. The van der Waals surface area contributed by atoms with Crippen LogP contribution in [0.2, 0.25) is 0 Å². The number of carbonyl (C=O) groups excluding carboxylic acids is 1. The molecule has 2 rings (SSSR count). The van der Waals surface area contributed by atoms with Crippen LogP contribution in [0.15, 0.2) is 24.3 Å². The molecule has 0 radical (unpaired) electrons. The highest BCUT2D eigenvalue weighted by atomic mass is 16.2. The average molecular weight is 261 g/mol. The molecular formula is C15H23N3O. The van der Waals surface area contributed by atoms with Gasteiger partial charge >= 0.3 is 0 Å². The molecule has 1 unspecified atom stereocenters. The molecule has 1 heterocycles. The van der Waals surface area contributed by atoms with Crippen molar-refractivity contribution < 1.29 is 4.79 Å². The van der Waals surface area contributed by atoms with Crippen LogP contribution in [0.5, 0.6) is 0 Å². The monoisotopic (exact) mass is 261 g/mol. The molecule has 104 valence electrons. The number of rotatable bonds is 5. The van der Waals surface area contributed by atoms with E-state index in [2.05, 4.69) is 46.7 Å². The van der Waals surface area contributed by atoms with Gasteiger partial charge in [-0.3, -0.25) is 4.79 Å². The van der Waals surface area contributed by atoms with Gasteiger partial charge in [0, 0.05) is 25.3 Å². The van der Waals surface area contributed by atoms with Gasteiger partial charge < -0.3 is 15.5 Å². The van der Waals surface area contributed by atoms with Crippen LogP contribution in [-0.2, 0) is 11.3 Å². The van der Waals surface area contributed by atoms with Crippen molar-refractivity contribution in [1.29, 1.82) is 0 Å². The largest absolute Gasteiger partial charge is 0.358 e. The molecule has 0 bridgehead atoms. The van der Waals surface area contributed by atoms with Crippen molar-refractivity contribution in [2.24, 2.45) is 0 Å². The SMILES string of the molecule is CCCNCc1ccc(N2CCNC(=O)C2C)cc1. The first-order chi connectivity index (χ1) is 9.22. The van der Waals surface area contributed by atoms with Gasteiger partial charge in [-0.15, -0.1) is 0 Å². The second-order valence-corrected chi connectivity index (χ2v) is 5.00. The highest BCUT2D eigenvalue weighted by molar-refractivity contribution is 5.86. The van der Waals surface area contributed by atoms with E-state index in [0.717, 1.165) is 38.3 Å². The standard InChI is InChI=1S/C15H23N3O/c1-3-8-16-11-13-4-6-14(7-5-13)18-10-9-17-15(19)12(18)2/h4-7,12,16H,3,8-11H2,1-2H3,(H,17,19). The van der Waals surface area contributed by atoms with Crippen molar-refractivity contribution in [3.05, 3.63) is 29.8 Å². The molecule has 4 nitrogen and oxygen atoms in total. The van der Waals surface area contributed by atoms with Gasteiger partial charge in [-0.2, -0.15) is 0 Å². The zero-order valence-electron chi connectivity index (χ0n) is 11.8. The first-order valence-corrected chi connectivity index (χ1v) is 7.06. The zero-order chi connectivity index (χ0) is 13.7. The third kappa shape index (κ3) is 3.47. The molecule has 1 saturated heterocycles. The highest BCUT2D eigenvalue weighted by Crippen LogP contribution is 2.19. The second-order valence-electron chi connectivity index (χ2n) is 5.00. The number of hydrogen-bond acceptors (Lipinski definition) is 3. The van der Waals surface area contributed by atoms with E-state index in [1.165, 1.54) is 5.56 Å². The quantitative estimate of drug-likeness (QED) is 0.790. The first-order valence-electron chi connectivity index (χ1n) is 7.06. The summed E-state index contributed by atoms with van der Waals surface area (Å²) in [7, 11) is 0. The summed E-state index contributed by atoms with van der Waals surface area (Å²) >= 11 is 0. The molecule has 1 aliphatic rings. The Bertz CT molecular complexity index is 416. The zero-order valence-corrected chi connectivity index (χ0v) is 11.8. The predicted octanol–water partition coefficient (Wildman–Crippen LogP) is 1.51. The van der Waals surface area contributed by atoms with E-state index in [4.69, 9.17) is 0 Å². The minimum atomic E-state index is -0.0854. The second kappa shape index (κ2) is 6.57. The predicted molar refractivity (Wildman–Crippen MR) is 78.3 cm³/mol. The van der Waals surface area contributed by atoms with Gasteiger partial charge in [0.2, 0.25) is 5.91 Å². The van der Waals surface area contributed by atoms with Gasteiger partial charge in [0.15, 0.2) is 0 Å². The van der Waals surface area contributed by atoms with Gasteiger partial charge in [-0.25, -0.2) is 0 Å². The Morgan fingerprint density at radius 3 is 2.79 bits per heavy atom. The fourth-order valence-corrected chi connectivity index (χ4v) is 2.35. The summed E-state index contributed by atoms with van der Waals surface area (Å²) < 4.78 is 0. The summed E-state index contributed by atoms with van der Waals surface area (Å²) in [6.45, 7) is 7.67. The van der Waals surface area contributed by atoms with Crippen molar-refractivity contribution in [3.8, 4) is 0 Å². The molecule has 0 aromatic heterocycles. The van der Waals surface area contributed by atoms with E-state index in [1.54, 1.807) is 0 Å². The summed E-state index contributed by atoms with van der Waals surface area (Å²) in [6, 6.07) is 8.41. The molecule has 0 spiro atoms. The fraction of sp³-hybridized carbons (Fsp3) is 0.533. The summed E-state index contributed by atoms with van der Waals surface area (Å²) in [4.78, 5) is 13.8. The van der Waals surface area contributed by atoms with Gasteiger partial charge in [0.05, 0.1) is 0 Å². The van der Waals surface area contributed by atoms with E-state index in [0.29, 0.717) is 0 Å². The molecule has 1 aliphatic heterocycles. The van der Waals surface area contributed by atoms with Gasteiger partial charge in [0.25, 0.3) is 0 Å². The lowest BCUT2D eigenvalue weighted by molar-refractivity contribution is -0.122. The Labute approximate surface area is 115 Å². The average Bonchev–Trinajstić information content (AvgIpc) is 2.43. The molecule has 1 amide bonds. The van der Waals surface area contributed by atoms with Gasteiger partial charge in [-0.1, -0.05) is 19.1 Å². The summed E-state index contributed by atoms with van der Waals surface area (Å²) in [5.41, 5.74) is 2.41. The minimum absolute atomic E-state index is 0.0854. The number of amides is 1. The van der Waals surface area contributed by atoms with Crippen LogP contribution in [0, 0.1) is 0 Å². The Balaban J connectivity index is 1.99. The van der Waals surface area contributed by atoms with Crippen molar-refractivity contribution in [2.75, 3.05) is 24.5 Å². The van der Waals surface area contributed by atoms with Crippen LogP contribution in [0.3, 0.4) is 0 Å². The summed E-state index contributed by atoms with van der Waals surface area (Å²) in [6.07, 6.45) is 1.15. The number of anilines is 1. The van der Waals surface area contributed by atoms with Crippen molar-refractivity contribution in [1.82, 2.24) is 10.6 Å². The normalized spacial score (nSPS) is 19.4. The van der Waals surface area contributed by atoms with Crippen LogP contribution in [0.25, 0.3) is 0 Å². The van der Waals surface area contributed by atoms with Crippen molar-refractivity contribution in [3.63, 3.8) is 0 Å². The maximum atomic E-state index is 11.7. The number of piperazine rings is 1. The number of carbonyl (C=O) groups is 1. The third-order valence-corrected chi connectivity index (χ3v) is 3.52. The van der Waals surface area contributed by atoms with E-state index in [-0.39, 0.29) is 11.9 Å². The third-order valence-electron chi connectivity index (χ3n) is 3.52. The molecule has 4 heteroatoms. The maximum absolute atomic E-state index is 11.7. The molecule has 0 aliphatic carbocycles. The highest BCUT2D eigenvalue weighted by Gasteiger charge is 2.25. The van der Waals surface area contributed by atoms with Crippen LogP contribution >= 0.6 is 0 Å². The molecular weight excluding hydrogens is 238 g/mol. The number of hydrogen-bond donors (Lipinski definition) is 2. The van der Waals surface area contributed by atoms with E-state index < -0.39 is 0 Å². The summed E-state index contributed by atoms with van der Waals surface area (Å²) in [5, 5.41) is 6.28. The lowest BCUT2D eigenvalue weighted by Crippen LogP contribution is -2.54. The Hall–Kier alpha value is -1.55. The topological polar surface area (TPSA) is 44.4 Å². The Morgan fingerprint density at radius 2 is 2.11 bits per heavy atom. The first kappa shape index (κ1) is 13.9. The van der Waals surface area contributed by atoms with Crippen LogP contribution < -0.4 is 15.5 Å². The Kier molecular flexibility index (Phi) is 4.80. The van der Waals surface area contributed by atoms with Crippen LogP contribution in [0.4, 0.5) is 5.69 Å². The lowest BCUT2D eigenvalue weighted by atomic mass is 10.1. The van der Waals surface area contributed by atoms with E-state index in [9.17, 15) is 4.79 Å². The lowest BCUT2D eigenvalue weighted by Gasteiger charge is -2.34. The number of benzene rings is 1. The number of nitrogens with zero attached hydrogens (tertiary/aromatic N) is 1. The molecule has 1 aromatic carbocycles. The van der Waals surface area contributed by atoms with Gasteiger partial charge in [-0.05, 0) is 37.6 Å². The van der Waals surface area contributed by atoms with Crippen LogP contribution in [0.1, 0.15) is 25.8 Å². The Morgan fingerprint density at radius 1 is 1.37 bits per heavy atom. The maximum Gasteiger partial charge on any atom is 0.242 e.